The van der Waals surface area contributed by atoms with Crippen molar-refractivity contribution in [3.8, 4) is 0 Å². The second-order valence-corrected chi connectivity index (χ2v) is 5.82. The van der Waals surface area contributed by atoms with Crippen molar-refractivity contribution in [2.24, 2.45) is 5.73 Å². The van der Waals surface area contributed by atoms with Crippen LogP contribution in [-0.4, -0.2) is 19.3 Å². The first-order chi connectivity index (χ1) is 9.42. The van der Waals surface area contributed by atoms with Crippen LogP contribution in [0.3, 0.4) is 0 Å². The molecule has 6 nitrogen and oxygen atoms in total. The molecule has 8 heteroatoms. The molecule has 20 heavy (non-hydrogen) atoms. The third-order valence-corrected chi connectivity index (χ3v) is 4.26. The van der Waals surface area contributed by atoms with E-state index in [1.807, 2.05) is 0 Å². The molecule has 0 spiro atoms. The number of nitrogens with one attached hydrogen (secondary N) is 1. The summed E-state index contributed by atoms with van der Waals surface area (Å²) in [7, 11) is -3.95. The van der Waals surface area contributed by atoms with E-state index in [2.05, 4.69) is 9.71 Å². The van der Waals surface area contributed by atoms with E-state index in [4.69, 9.17) is 17.3 Å². The van der Waals surface area contributed by atoms with E-state index in [1.54, 1.807) is 12.1 Å². The summed E-state index contributed by atoms with van der Waals surface area (Å²) in [6.45, 7) is 0. The number of para-hydroxylation sites is 1. The number of carbonyl (C=O) groups is 1. The molecule has 0 radical (unpaired) electrons. The SMILES string of the molecule is NC(=O)c1ccccc1NS(=O)(=O)c1cccnc1Cl. The second kappa shape index (κ2) is 5.48. The van der Waals surface area contributed by atoms with Gasteiger partial charge in [-0.05, 0) is 24.3 Å². The highest BCUT2D eigenvalue weighted by Gasteiger charge is 2.20. The summed E-state index contributed by atoms with van der Waals surface area (Å²) < 4.78 is 26.7. The molecule has 0 fully saturated rings. The lowest BCUT2D eigenvalue weighted by Crippen LogP contribution is -2.19. The maximum Gasteiger partial charge on any atom is 0.264 e. The molecule has 0 aliphatic rings. The third kappa shape index (κ3) is 2.89. The fraction of sp³-hybridized carbons (Fsp3) is 0. The Morgan fingerprint density at radius 1 is 1.20 bits per heavy atom. The lowest BCUT2D eigenvalue weighted by Gasteiger charge is -2.11. The van der Waals surface area contributed by atoms with Gasteiger partial charge < -0.3 is 5.73 Å². The molecule has 1 amide bonds. The number of benzene rings is 1. The summed E-state index contributed by atoms with van der Waals surface area (Å²) in [5, 5.41) is -0.156. The molecule has 1 aromatic heterocycles. The van der Waals surface area contributed by atoms with Gasteiger partial charge in [-0.25, -0.2) is 13.4 Å². The second-order valence-electron chi connectivity index (χ2n) is 3.81. The van der Waals surface area contributed by atoms with Gasteiger partial charge in [0.25, 0.3) is 15.9 Å². The topological polar surface area (TPSA) is 102 Å². The normalized spacial score (nSPS) is 11.1. The number of hydrogen-bond donors (Lipinski definition) is 2. The van der Waals surface area contributed by atoms with Gasteiger partial charge in [0.15, 0.2) is 0 Å². The Kier molecular flexibility index (Phi) is 3.91. The Balaban J connectivity index is 2.45. The number of nitrogens with two attached hydrogens (primary N) is 1. The lowest BCUT2D eigenvalue weighted by atomic mass is 10.2. The third-order valence-electron chi connectivity index (χ3n) is 2.45. The number of rotatable bonds is 4. The minimum absolute atomic E-state index is 0.0658. The summed E-state index contributed by atoms with van der Waals surface area (Å²) in [6, 6.07) is 8.77. The number of sulfonamides is 1. The van der Waals surface area contributed by atoms with E-state index in [-0.39, 0.29) is 21.3 Å². The number of carbonyl (C=O) groups excluding carboxylic acids is 1. The lowest BCUT2D eigenvalue weighted by molar-refractivity contribution is 0.100. The van der Waals surface area contributed by atoms with Crippen LogP contribution in [0.1, 0.15) is 10.4 Å². The highest BCUT2D eigenvalue weighted by molar-refractivity contribution is 7.92. The first kappa shape index (κ1) is 14.3. The van der Waals surface area contributed by atoms with Crippen LogP contribution < -0.4 is 10.5 Å². The average molecular weight is 312 g/mol. The molecule has 0 saturated heterocycles. The zero-order valence-corrected chi connectivity index (χ0v) is 11.6. The Morgan fingerprint density at radius 3 is 2.55 bits per heavy atom. The van der Waals surface area contributed by atoms with Gasteiger partial charge in [0.1, 0.15) is 10.0 Å². The van der Waals surface area contributed by atoms with Crippen LogP contribution >= 0.6 is 11.6 Å². The molecule has 0 saturated carbocycles. The maximum absolute atomic E-state index is 12.2. The number of nitrogens with zero attached hydrogens (tertiary/aromatic N) is 1. The Hall–Kier alpha value is -2.12. The van der Waals surface area contributed by atoms with Gasteiger partial charge in [0.05, 0.1) is 11.3 Å². The van der Waals surface area contributed by atoms with Crippen LogP contribution in [-0.2, 0) is 10.0 Å². The van der Waals surface area contributed by atoms with Crippen molar-refractivity contribution in [1.29, 1.82) is 0 Å². The molecule has 2 aromatic rings. The van der Waals surface area contributed by atoms with Crippen molar-refractivity contribution in [3.63, 3.8) is 0 Å². The predicted octanol–water partition coefficient (Wildman–Crippen LogP) is 1.63. The summed E-state index contributed by atoms with van der Waals surface area (Å²) in [5.74, 6) is -0.736. The summed E-state index contributed by atoms with van der Waals surface area (Å²) in [4.78, 5) is 14.8. The van der Waals surface area contributed by atoms with Crippen molar-refractivity contribution >= 4 is 33.2 Å². The molecule has 104 valence electrons. The number of hydrogen-bond acceptors (Lipinski definition) is 4. The summed E-state index contributed by atoms with van der Waals surface area (Å²) in [5.41, 5.74) is 5.34. The number of halogens is 1. The number of primary amides is 1. The predicted molar refractivity (Wildman–Crippen MR) is 75.0 cm³/mol. The van der Waals surface area contributed by atoms with Crippen LogP contribution in [0.2, 0.25) is 5.15 Å². The molecule has 1 heterocycles. The molecule has 0 atom stereocenters. The van der Waals surface area contributed by atoms with Crippen molar-refractivity contribution in [1.82, 2.24) is 4.98 Å². The van der Waals surface area contributed by atoms with E-state index in [0.717, 1.165) is 0 Å². The monoisotopic (exact) mass is 311 g/mol. The Morgan fingerprint density at radius 2 is 1.90 bits per heavy atom. The number of anilines is 1. The zero-order valence-electron chi connectivity index (χ0n) is 10.1. The van der Waals surface area contributed by atoms with Gasteiger partial charge in [-0.3, -0.25) is 9.52 Å². The fourth-order valence-electron chi connectivity index (χ4n) is 1.56. The van der Waals surface area contributed by atoms with E-state index < -0.39 is 15.9 Å². The standard InChI is InChI=1S/C12H10ClN3O3S/c13-11-10(6-3-7-15-11)20(18,19)16-9-5-2-1-4-8(9)12(14)17/h1-7,16H,(H2,14,17). The fourth-order valence-corrected chi connectivity index (χ4v) is 3.09. The van der Waals surface area contributed by atoms with Gasteiger partial charge >= 0.3 is 0 Å². The molecule has 0 aliphatic heterocycles. The number of amides is 1. The van der Waals surface area contributed by atoms with Crippen LogP contribution in [0.4, 0.5) is 5.69 Å². The number of pyridine rings is 1. The van der Waals surface area contributed by atoms with Gasteiger partial charge in [-0.15, -0.1) is 0 Å². The minimum atomic E-state index is -3.95. The molecule has 0 unspecified atom stereocenters. The molecular weight excluding hydrogens is 302 g/mol. The van der Waals surface area contributed by atoms with Crippen LogP contribution in [0.15, 0.2) is 47.5 Å². The maximum atomic E-state index is 12.2. The Bertz CT molecular complexity index is 762. The van der Waals surface area contributed by atoms with Crippen LogP contribution in [0.5, 0.6) is 0 Å². The van der Waals surface area contributed by atoms with E-state index in [1.165, 1.54) is 30.5 Å². The molecule has 3 N–H and O–H groups in total. The van der Waals surface area contributed by atoms with Crippen molar-refractivity contribution in [2.45, 2.75) is 4.90 Å². The van der Waals surface area contributed by atoms with E-state index in [9.17, 15) is 13.2 Å². The molecule has 0 aliphatic carbocycles. The van der Waals surface area contributed by atoms with Crippen LogP contribution in [0.25, 0.3) is 0 Å². The molecule has 1 aromatic carbocycles. The highest BCUT2D eigenvalue weighted by atomic mass is 35.5. The van der Waals surface area contributed by atoms with Crippen molar-refractivity contribution in [2.75, 3.05) is 4.72 Å². The first-order valence-electron chi connectivity index (χ1n) is 5.44. The quantitative estimate of drug-likeness (QED) is 0.838. The van der Waals surface area contributed by atoms with Gasteiger partial charge in [0.2, 0.25) is 0 Å². The van der Waals surface area contributed by atoms with Gasteiger partial charge in [-0.2, -0.15) is 0 Å². The van der Waals surface area contributed by atoms with E-state index >= 15 is 0 Å². The van der Waals surface area contributed by atoms with Gasteiger partial charge in [0, 0.05) is 6.20 Å². The highest BCUT2D eigenvalue weighted by Crippen LogP contribution is 2.23. The first-order valence-corrected chi connectivity index (χ1v) is 7.30. The van der Waals surface area contributed by atoms with E-state index in [0.29, 0.717) is 0 Å². The minimum Gasteiger partial charge on any atom is -0.366 e. The summed E-state index contributed by atoms with van der Waals surface area (Å²) in [6.07, 6.45) is 1.37. The zero-order chi connectivity index (χ0) is 14.8. The van der Waals surface area contributed by atoms with Crippen molar-refractivity contribution in [3.05, 3.63) is 53.3 Å². The summed E-state index contributed by atoms with van der Waals surface area (Å²) >= 11 is 5.76. The Labute approximate surface area is 120 Å². The molecule has 2 rings (SSSR count). The molecule has 0 bridgehead atoms. The van der Waals surface area contributed by atoms with Crippen molar-refractivity contribution < 1.29 is 13.2 Å². The number of aromatic nitrogens is 1. The van der Waals surface area contributed by atoms with Gasteiger partial charge in [-0.1, -0.05) is 23.7 Å². The molecular formula is C12H10ClN3O3S. The average Bonchev–Trinajstić information content (AvgIpc) is 2.39. The smallest absolute Gasteiger partial charge is 0.264 e. The largest absolute Gasteiger partial charge is 0.366 e. The van der Waals surface area contributed by atoms with Crippen LogP contribution in [0, 0.1) is 0 Å².